The average molecular weight is 362 g/mol. The monoisotopic (exact) mass is 361 g/mol. The highest BCUT2D eigenvalue weighted by Crippen LogP contribution is 2.12. The molecule has 0 spiro atoms. The number of rotatable bonds is 8. The van der Waals surface area contributed by atoms with Crippen molar-refractivity contribution in [2.45, 2.75) is 60.0 Å². The van der Waals surface area contributed by atoms with Gasteiger partial charge in [0.15, 0.2) is 0 Å². The second kappa shape index (κ2) is 13.5. The van der Waals surface area contributed by atoms with Crippen LogP contribution in [0.25, 0.3) is 0 Å². The van der Waals surface area contributed by atoms with Crippen molar-refractivity contribution in [1.29, 1.82) is 0 Å². The van der Waals surface area contributed by atoms with E-state index in [9.17, 15) is 9.59 Å². The number of amides is 2. The fraction of sp³-hybridized carbons (Fsp3) is 0.889. The molecule has 0 saturated heterocycles. The van der Waals surface area contributed by atoms with Crippen molar-refractivity contribution in [2.24, 2.45) is 11.8 Å². The summed E-state index contributed by atoms with van der Waals surface area (Å²) in [6.07, 6.45) is 1.25. The lowest BCUT2D eigenvalue weighted by atomic mass is 9.98. The van der Waals surface area contributed by atoms with Crippen molar-refractivity contribution in [1.82, 2.24) is 15.1 Å². The van der Waals surface area contributed by atoms with Crippen LogP contribution < -0.4 is 5.32 Å². The molecule has 1 N–H and O–H groups in total. The number of nitrogens with zero attached hydrogens (tertiary/aromatic N) is 2. The molecule has 0 aromatic rings. The highest BCUT2D eigenvalue weighted by atomic mass is 32.1. The van der Waals surface area contributed by atoms with Gasteiger partial charge in [-0.3, -0.25) is 14.5 Å². The molecule has 0 heterocycles. The number of carbonyl (C=O) groups is 2. The first-order valence-corrected chi connectivity index (χ1v) is 9.50. The smallest absolute Gasteiger partial charge is 0.244 e. The first-order chi connectivity index (χ1) is 11.0. The number of thiol groups is 1. The van der Waals surface area contributed by atoms with Gasteiger partial charge in [-0.2, -0.15) is 12.6 Å². The summed E-state index contributed by atoms with van der Waals surface area (Å²) in [6.45, 7) is 12.9. The number of likely N-dealkylation sites (N-methyl/N-ethyl adjacent to an activating group) is 2. The van der Waals surface area contributed by atoms with E-state index < -0.39 is 6.04 Å². The zero-order valence-corrected chi connectivity index (χ0v) is 18.0. The SMILES string of the molecule is CC(C)C(C(=O)N[C@H](C(=O)N(C)C)C(C)C)N(C)CCS.CCC. The quantitative estimate of drug-likeness (QED) is 0.653. The van der Waals surface area contributed by atoms with Gasteiger partial charge >= 0.3 is 0 Å². The lowest BCUT2D eigenvalue weighted by Crippen LogP contribution is -2.56. The minimum atomic E-state index is -0.488. The van der Waals surface area contributed by atoms with Crippen LogP contribution in [-0.4, -0.2) is 67.1 Å². The largest absolute Gasteiger partial charge is 0.347 e. The van der Waals surface area contributed by atoms with Gasteiger partial charge in [0.1, 0.15) is 6.04 Å². The highest BCUT2D eigenvalue weighted by molar-refractivity contribution is 7.80. The molecule has 0 saturated carbocycles. The molecule has 144 valence electrons. The van der Waals surface area contributed by atoms with Crippen LogP contribution in [0, 0.1) is 11.8 Å². The van der Waals surface area contributed by atoms with Gasteiger partial charge in [-0.05, 0) is 18.9 Å². The molecule has 0 rings (SSSR count). The Balaban J connectivity index is 0. The highest BCUT2D eigenvalue weighted by Gasteiger charge is 2.31. The first kappa shape index (κ1) is 25.5. The van der Waals surface area contributed by atoms with E-state index in [4.69, 9.17) is 0 Å². The fourth-order valence-corrected chi connectivity index (χ4v) is 2.65. The molecule has 0 aliphatic rings. The van der Waals surface area contributed by atoms with E-state index in [1.54, 1.807) is 14.1 Å². The second-order valence-electron chi connectivity index (χ2n) is 7.06. The Labute approximate surface area is 154 Å². The van der Waals surface area contributed by atoms with E-state index in [1.165, 1.54) is 11.3 Å². The third-order valence-electron chi connectivity index (χ3n) is 3.50. The summed E-state index contributed by atoms with van der Waals surface area (Å²) in [4.78, 5) is 28.3. The van der Waals surface area contributed by atoms with Crippen LogP contribution in [0.1, 0.15) is 48.0 Å². The van der Waals surface area contributed by atoms with Gasteiger partial charge in [-0.1, -0.05) is 48.0 Å². The van der Waals surface area contributed by atoms with Crippen molar-refractivity contribution in [3.8, 4) is 0 Å². The van der Waals surface area contributed by atoms with Gasteiger partial charge in [0.2, 0.25) is 11.8 Å². The number of nitrogens with one attached hydrogen (secondary N) is 1. The molecule has 0 aliphatic heterocycles. The van der Waals surface area contributed by atoms with Gasteiger partial charge in [0, 0.05) is 26.4 Å². The molecule has 0 bridgehead atoms. The summed E-state index contributed by atoms with van der Waals surface area (Å²) in [6, 6.07) is -0.744. The Bertz CT molecular complexity index is 360. The summed E-state index contributed by atoms with van der Waals surface area (Å²) in [7, 11) is 5.33. The van der Waals surface area contributed by atoms with Crippen LogP contribution in [0.2, 0.25) is 0 Å². The van der Waals surface area contributed by atoms with E-state index in [0.29, 0.717) is 5.75 Å². The van der Waals surface area contributed by atoms with Gasteiger partial charge in [-0.25, -0.2) is 0 Å². The zero-order chi connectivity index (χ0) is 19.4. The first-order valence-electron chi connectivity index (χ1n) is 8.87. The molecular weight excluding hydrogens is 322 g/mol. The third-order valence-corrected chi connectivity index (χ3v) is 3.70. The Morgan fingerprint density at radius 1 is 1.00 bits per heavy atom. The van der Waals surface area contributed by atoms with Crippen LogP contribution in [-0.2, 0) is 9.59 Å². The molecular formula is C18H39N3O2S. The Hall–Kier alpha value is -0.750. The zero-order valence-electron chi connectivity index (χ0n) is 17.1. The standard InChI is InChI=1S/C15H31N3O2S.C3H8/c1-10(2)12(15(20)17(5)6)16-14(19)13(11(3)4)18(7)8-9-21;1-3-2/h10-13,21H,8-9H2,1-7H3,(H,16,19);3H2,1-2H3/t12-,13?;/m0./s1. The van der Waals surface area contributed by atoms with Crippen LogP contribution >= 0.6 is 12.6 Å². The molecule has 0 radical (unpaired) electrons. The summed E-state index contributed by atoms with van der Waals surface area (Å²) >= 11 is 4.22. The van der Waals surface area contributed by atoms with Gasteiger partial charge in [-0.15, -0.1) is 0 Å². The van der Waals surface area contributed by atoms with E-state index in [2.05, 4.69) is 31.8 Å². The molecule has 2 atom stereocenters. The molecule has 0 aliphatic carbocycles. The molecule has 0 fully saturated rings. The van der Waals surface area contributed by atoms with Gasteiger partial charge in [0.25, 0.3) is 0 Å². The Morgan fingerprint density at radius 3 is 1.75 bits per heavy atom. The summed E-state index contributed by atoms with van der Waals surface area (Å²) in [5.41, 5.74) is 0. The van der Waals surface area contributed by atoms with Crippen molar-refractivity contribution in [3.63, 3.8) is 0 Å². The van der Waals surface area contributed by atoms with Crippen LogP contribution in [0.5, 0.6) is 0 Å². The Kier molecular flexibility index (Phi) is 14.4. The van der Waals surface area contributed by atoms with E-state index >= 15 is 0 Å². The van der Waals surface area contributed by atoms with E-state index in [-0.39, 0.29) is 29.7 Å². The summed E-state index contributed by atoms with van der Waals surface area (Å²) in [5, 5.41) is 2.92. The van der Waals surface area contributed by atoms with Crippen molar-refractivity contribution < 1.29 is 9.59 Å². The summed E-state index contributed by atoms with van der Waals surface area (Å²) in [5.74, 6) is 0.738. The average Bonchev–Trinajstić information content (AvgIpc) is 2.44. The van der Waals surface area contributed by atoms with Crippen LogP contribution in [0.4, 0.5) is 0 Å². The Morgan fingerprint density at radius 2 is 1.46 bits per heavy atom. The fourth-order valence-electron chi connectivity index (χ4n) is 2.34. The maximum Gasteiger partial charge on any atom is 0.244 e. The molecule has 0 aromatic carbocycles. The van der Waals surface area contributed by atoms with E-state index in [1.807, 2.05) is 39.6 Å². The van der Waals surface area contributed by atoms with Crippen molar-refractivity contribution >= 4 is 24.4 Å². The molecule has 2 amide bonds. The molecule has 0 aromatic heterocycles. The number of hydrogen-bond acceptors (Lipinski definition) is 4. The number of carbonyl (C=O) groups excluding carboxylic acids is 2. The minimum absolute atomic E-state index is 0.0480. The maximum absolute atomic E-state index is 12.6. The van der Waals surface area contributed by atoms with Crippen LogP contribution in [0.3, 0.4) is 0 Å². The number of hydrogen-bond donors (Lipinski definition) is 2. The molecule has 6 heteroatoms. The molecule has 5 nitrogen and oxygen atoms in total. The molecule has 1 unspecified atom stereocenters. The lowest BCUT2D eigenvalue weighted by molar-refractivity contribution is -0.137. The van der Waals surface area contributed by atoms with Crippen molar-refractivity contribution in [3.05, 3.63) is 0 Å². The molecule has 24 heavy (non-hydrogen) atoms. The maximum atomic E-state index is 12.6. The predicted molar refractivity (Wildman–Crippen MR) is 107 cm³/mol. The lowest BCUT2D eigenvalue weighted by Gasteiger charge is -2.32. The van der Waals surface area contributed by atoms with Crippen molar-refractivity contribution in [2.75, 3.05) is 33.4 Å². The normalized spacial score (nSPS) is 13.4. The second-order valence-corrected chi connectivity index (χ2v) is 7.51. The van der Waals surface area contributed by atoms with Gasteiger partial charge in [0.05, 0.1) is 6.04 Å². The van der Waals surface area contributed by atoms with Crippen LogP contribution in [0.15, 0.2) is 0 Å². The summed E-state index contributed by atoms with van der Waals surface area (Å²) < 4.78 is 0. The predicted octanol–water partition coefficient (Wildman–Crippen LogP) is 2.52. The topological polar surface area (TPSA) is 52.7 Å². The van der Waals surface area contributed by atoms with E-state index in [0.717, 1.165) is 6.54 Å². The third kappa shape index (κ3) is 9.52. The minimum Gasteiger partial charge on any atom is -0.347 e. The van der Waals surface area contributed by atoms with Gasteiger partial charge < -0.3 is 10.2 Å².